The molecule has 0 unspecified atom stereocenters. The molecule has 1 aliphatic rings. The van der Waals surface area contributed by atoms with Gasteiger partial charge >= 0.3 is 12.1 Å². The summed E-state index contributed by atoms with van der Waals surface area (Å²) in [6.07, 6.45) is -2.39. The van der Waals surface area contributed by atoms with Crippen molar-refractivity contribution in [2.45, 2.75) is 25.9 Å². The summed E-state index contributed by atoms with van der Waals surface area (Å²) in [6, 6.07) is 4.30. The lowest BCUT2D eigenvalue weighted by Crippen LogP contribution is -2.42. The van der Waals surface area contributed by atoms with Gasteiger partial charge in [0.05, 0.1) is 29.3 Å². The van der Waals surface area contributed by atoms with E-state index in [-0.39, 0.29) is 36.0 Å². The molecule has 0 radical (unpaired) electrons. The van der Waals surface area contributed by atoms with E-state index in [2.05, 4.69) is 10.1 Å². The number of hydrogen-bond acceptors (Lipinski definition) is 6. The van der Waals surface area contributed by atoms with Crippen molar-refractivity contribution in [3.8, 4) is 10.6 Å². The smallest absolute Gasteiger partial charge is 0.433 e. The fourth-order valence-electron chi connectivity index (χ4n) is 3.65. The Morgan fingerprint density at radius 3 is 2.84 bits per heavy atom. The van der Waals surface area contributed by atoms with Crippen molar-refractivity contribution in [2.24, 2.45) is 5.92 Å². The maximum absolute atomic E-state index is 13.7. The fourth-order valence-corrected chi connectivity index (χ4v) is 4.34. The van der Waals surface area contributed by atoms with Gasteiger partial charge < -0.3 is 9.64 Å². The molecule has 1 aliphatic heterocycles. The summed E-state index contributed by atoms with van der Waals surface area (Å²) in [6.45, 7) is 2.49. The molecule has 0 aromatic carbocycles. The lowest BCUT2D eigenvalue weighted by atomic mass is 9.97. The Morgan fingerprint density at radius 1 is 1.35 bits per heavy atom. The maximum Gasteiger partial charge on any atom is 0.433 e. The van der Waals surface area contributed by atoms with Crippen molar-refractivity contribution >= 4 is 28.9 Å². The summed E-state index contributed by atoms with van der Waals surface area (Å²) in [7, 11) is 0. The highest BCUT2D eigenvalue weighted by atomic mass is 32.1. The second kappa shape index (κ2) is 8.29. The van der Waals surface area contributed by atoms with Crippen LogP contribution >= 0.6 is 11.3 Å². The Kier molecular flexibility index (Phi) is 5.69. The van der Waals surface area contributed by atoms with Gasteiger partial charge in [0, 0.05) is 13.1 Å². The fraction of sp³-hybridized carbons (Fsp3) is 0.400. The zero-order chi connectivity index (χ0) is 22.2. The van der Waals surface area contributed by atoms with Crippen molar-refractivity contribution in [3.63, 3.8) is 0 Å². The first-order chi connectivity index (χ1) is 14.8. The van der Waals surface area contributed by atoms with Crippen molar-refractivity contribution in [1.29, 1.82) is 0 Å². The molecule has 1 atom stereocenters. The van der Waals surface area contributed by atoms with E-state index in [1.54, 1.807) is 24.4 Å². The average molecular weight is 452 g/mol. The number of aromatic nitrogens is 3. The molecular weight excluding hydrogens is 433 g/mol. The predicted octanol–water partition coefficient (Wildman–Crippen LogP) is 3.89. The third-order valence-corrected chi connectivity index (χ3v) is 5.99. The van der Waals surface area contributed by atoms with E-state index in [1.165, 1.54) is 16.2 Å². The van der Waals surface area contributed by atoms with Crippen LogP contribution in [0.1, 0.15) is 35.8 Å². The minimum Gasteiger partial charge on any atom is -0.466 e. The van der Waals surface area contributed by atoms with Gasteiger partial charge in [-0.1, -0.05) is 6.07 Å². The predicted molar refractivity (Wildman–Crippen MR) is 107 cm³/mol. The molecule has 164 valence electrons. The normalized spacial score (nSPS) is 17.2. The number of thiophene rings is 1. The van der Waals surface area contributed by atoms with E-state index >= 15 is 0 Å². The number of halogens is 3. The van der Waals surface area contributed by atoms with Crippen LogP contribution in [0.5, 0.6) is 0 Å². The number of alkyl halides is 3. The van der Waals surface area contributed by atoms with Crippen LogP contribution in [0.15, 0.2) is 29.8 Å². The summed E-state index contributed by atoms with van der Waals surface area (Å²) in [5.74, 6) is -1.34. The van der Waals surface area contributed by atoms with Gasteiger partial charge in [0.15, 0.2) is 11.3 Å². The number of hydrogen-bond donors (Lipinski definition) is 0. The number of esters is 1. The third-order valence-electron chi connectivity index (χ3n) is 5.09. The first-order valence-electron chi connectivity index (χ1n) is 9.75. The Labute approximate surface area is 179 Å². The van der Waals surface area contributed by atoms with Crippen molar-refractivity contribution in [3.05, 3.63) is 41.0 Å². The number of rotatable bonds is 4. The topological polar surface area (TPSA) is 76.8 Å². The van der Waals surface area contributed by atoms with E-state index in [0.29, 0.717) is 28.8 Å². The zero-order valence-corrected chi connectivity index (χ0v) is 17.4. The molecule has 0 N–H and O–H groups in total. The van der Waals surface area contributed by atoms with E-state index in [9.17, 15) is 22.8 Å². The standard InChI is InChI=1S/C20H19F3N4O3S/c1-2-30-19(29)12-5-3-7-26(11-12)18(28)13-10-24-27-16(20(21,22)23)9-14(25-17(13)27)15-6-4-8-31-15/h4,6,8-10,12H,2-3,5,7,11H2,1H3/t12-/m1/s1. The monoisotopic (exact) mass is 452 g/mol. The van der Waals surface area contributed by atoms with Crippen LogP contribution < -0.4 is 0 Å². The highest BCUT2D eigenvalue weighted by Crippen LogP contribution is 2.34. The Morgan fingerprint density at radius 2 is 2.16 bits per heavy atom. The van der Waals surface area contributed by atoms with Crippen LogP contribution in [-0.4, -0.2) is 51.1 Å². The lowest BCUT2D eigenvalue weighted by Gasteiger charge is -2.31. The molecule has 4 heterocycles. The van der Waals surface area contributed by atoms with E-state index in [4.69, 9.17) is 4.74 Å². The number of nitrogens with zero attached hydrogens (tertiary/aromatic N) is 4. The average Bonchev–Trinajstić information content (AvgIpc) is 3.42. The van der Waals surface area contributed by atoms with Gasteiger partial charge in [-0.2, -0.15) is 18.3 Å². The lowest BCUT2D eigenvalue weighted by molar-refractivity contribution is -0.149. The van der Waals surface area contributed by atoms with E-state index in [0.717, 1.165) is 12.3 Å². The molecule has 1 amide bonds. The highest BCUT2D eigenvalue weighted by Gasteiger charge is 2.37. The molecule has 3 aromatic heterocycles. The van der Waals surface area contributed by atoms with Gasteiger partial charge in [-0.3, -0.25) is 9.59 Å². The molecule has 0 bridgehead atoms. The van der Waals surface area contributed by atoms with Crippen molar-refractivity contribution in [1.82, 2.24) is 19.5 Å². The molecule has 3 aromatic rings. The number of likely N-dealkylation sites (tertiary alicyclic amines) is 1. The van der Waals surface area contributed by atoms with Crippen LogP contribution in [0.4, 0.5) is 13.2 Å². The van der Waals surface area contributed by atoms with E-state index in [1.807, 2.05) is 0 Å². The second-order valence-corrected chi connectivity index (χ2v) is 8.09. The summed E-state index contributed by atoms with van der Waals surface area (Å²) < 4.78 is 46.8. The van der Waals surface area contributed by atoms with E-state index < -0.39 is 23.7 Å². The Hall–Kier alpha value is -2.95. The van der Waals surface area contributed by atoms with Crippen LogP contribution in [0, 0.1) is 5.92 Å². The maximum atomic E-state index is 13.7. The van der Waals surface area contributed by atoms with Crippen LogP contribution in [0.2, 0.25) is 0 Å². The van der Waals surface area contributed by atoms with Gasteiger partial charge in [0.1, 0.15) is 5.56 Å². The number of ether oxygens (including phenoxy) is 1. The molecule has 7 nitrogen and oxygen atoms in total. The molecule has 0 aliphatic carbocycles. The quantitative estimate of drug-likeness (QED) is 0.562. The molecule has 0 spiro atoms. The highest BCUT2D eigenvalue weighted by molar-refractivity contribution is 7.13. The number of carbonyl (C=O) groups excluding carboxylic acids is 2. The SMILES string of the molecule is CCOC(=O)[C@@H]1CCCN(C(=O)c2cnn3c(C(F)(F)F)cc(-c4cccs4)nc23)C1. The van der Waals surface area contributed by atoms with Crippen LogP contribution in [-0.2, 0) is 15.7 Å². The molecule has 1 fully saturated rings. The summed E-state index contributed by atoms with van der Waals surface area (Å²) in [5.41, 5.74) is -1.09. The summed E-state index contributed by atoms with van der Waals surface area (Å²) in [5, 5.41) is 5.54. The molecule has 1 saturated heterocycles. The number of amides is 1. The van der Waals surface area contributed by atoms with Crippen LogP contribution in [0.25, 0.3) is 16.2 Å². The molecule has 0 saturated carbocycles. The Bertz CT molecular complexity index is 1110. The number of piperidine rings is 1. The van der Waals surface area contributed by atoms with Gasteiger partial charge in [-0.05, 0) is 37.3 Å². The molecule has 11 heteroatoms. The van der Waals surface area contributed by atoms with Crippen LogP contribution in [0.3, 0.4) is 0 Å². The first kappa shape index (κ1) is 21.3. The largest absolute Gasteiger partial charge is 0.466 e. The molecule has 31 heavy (non-hydrogen) atoms. The first-order valence-corrected chi connectivity index (χ1v) is 10.6. The summed E-state index contributed by atoms with van der Waals surface area (Å²) in [4.78, 5) is 31.6. The zero-order valence-electron chi connectivity index (χ0n) is 16.6. The molecule has 4 rings (SSSR count). The minimum absolute atomic E-state index is 0.0339. The van der Waals surface area contributed by atoms with Crippen molar-refractivity contribution < 1.29 is 27.5 Å². The molecular formula is C20H19F3N4O3S. The van der Waals surface area contributed by atoms with Gasteiger partial charge in [-0.15, -0.1) is 11.3 Å². The van der Waals surface area contributed by atoms with Gasteiger partial charge in [0.25, 0.3) is 5.91 Å². The number of fused-ring (bicyclic) bond motifs is 1. The Balaban J connectivity index is 1.73. The van der Waals surface area contributed by atoms with Gasteiger partial charge in [-0.25, -0.2) is 9.50 Å². The summed E-state index contributed by atoms with van der Waals surface area (Å²) >= 11 is 1.25. The van der Waals surface area contributed by atoms with Gasteiger partial charge in [0.2, 0.25) is 0 Å². The number of carbonyl (C=O) groups is 2. The van der Waals surface area contributed by atoms with Crippen molar-refractivity contribution in [2.75, 3.05) is 19.7 Å². The minimum atomic E-state index is -4.68. The third kappa shape index (κ3) is 4.14. The second-order valence-electron chi connectivity index (χ2n) is 7.14.